The molecule has 2 rings (SSSR count). The van der Waals surface area contributed by atoms with Crippen LogP contribution < -0.4 is 9.68 Å². The van der Waals surface area contributed by atoms with Crippen LogP contribution in [0.25, 0.3) is 0 Å². The van der Waals surface area contributed by atoms with Gasteiger partial charge in [-0.15, -0.1) is 9.46 Å². The van der Waals surface area contributed by atoms with Crippen LogP contribution in [0.3, 0.4) is 0 Å². The summed E-state index contributed by atoms with van der Waals surface area (Å²) in [6.45, 7) is 6.98. The third-order valence-electron chi connectivity index (χ3n) is 4.67. The second-order valence-corrected chi connectivity index (χ2v) is 8.27. The molecule has 0 aliphatic carbocycles. The number of aromatic hydroxyl groups is 4. The highest BCUT2D eigenvalue weighted by molar-refractivity contribution is 5.76. The molecule has 2 aromatic rings. The summed E-state index contributed by atoms with van der Waals surface area (Å²) in [6.07, 6.45) is 0.514. The number of aromatic nitrogens is 2. The molecule has 11 nitrogen and oxygen atoms in total. The molecule has 0 radical (unpaired) electrons. The maximum atomic E-state index is 12.4. The van der Waals surface area contributed by atoms with Gasteiger partial charge in [0.05, 0.1) is 17.4 Å². The van der Waals surface area contributed by atoms with E-state index in [-0.39, 0.29) is 25.9 Å². The third kappa shape index (κ3) is 6.32. The molecular weight excluding hydrogens is 412 g/mol. The Morgan fingerprint density at radius 3 is 1.74 bits per heavy atom. The van der Waals surface area contributed by atoms with Gasteiger partial charge in [0.1, 0.15) is 0 Å². The Hall–Kier alpha value is -3.34. The minimum atomic E-state index is -0.984. The summed E-state index contributed by atoms with van der Waals surface area (Å²) in [5, 5.41) is 38.1. The Labute approximate surface area is 178 Å². The number of ether oxygens (including phenoxy) is 1. The Kier molecular flexibility index (Phi) is 7.11. The molecular formula is C20H28N2O9. The standard InChI is InChI=1S/C20H28N2O9/c1-19(2,18(28)31-22-15(25)7-8-16(22)26)11-12-29-20(3,4)10-9-17(27)30-21-13(23)5-6-14(21)24/h5-8,23-26H,9-12H2,1-4H3. The highest BCUT2D eigenvalue weighted by Gasteiger charge is 2.32. The van der Waals surface area contributed by atoms with Crippen LogP contribution in [-0.4, -0.2) is 54.0 Å². The molecule has 0 atom stereocenters. The number of carbonyl (C=O) groups excluding carboxylic acids is 2. The van der Waals surface area contributed by atoms with Gasteiger partial charge in [0, 0.05) is 30.9 Å². The van der Waals surface area contributed by atoms with Crippen molar-refractivity contribution in [2.24, 2.45) is 5.41 Å². The van der Waals surface area contributed by atoms with Crippen LogP contribution in [0, 0.1) is 5.41 Å². The van der Waals surface area contributed by atoms with E-state index in [1.165, 1.54) is 24.3 Å². The van der Waals surface area contributed by atoms with Crippen LogP contribution in [0.1, 0.15) is 47.0 Å². The monoisotopic (exact) mass is 440 g/mol. The first-order valence-corrected chi connectivity index (χ1v) is 9.60. The zero-order valence-electron chi connectivity index (χ0n) is 17.9. The number of hydrogen-bond acceptors (Lipinski definition) is 9. The van der Waals surface area contributed by atoms with E-state index in [0.717, 1.165) is 0 Å². The molecule has 31 heavy (non-hydrogen) atoms. The fraction of sp³-hybridized carbons (Fsp3) is 0.500. The molecule has 4 N–H and O–H groups in total. The van der Waals surface area contributed by atoms with E-state index in [0.29, 0.717) is 9.46 Å². The minimum absolute atomic E-state index is 0.0400. The molecule has 2 aromatic heterocycles. The van der Waals surface area contributed by atoms with E-state index in [2.05, 4.69) is 0 Å². The molecule has 172 valence electrons. The highest BCUT2D eigenvalue weighted by Crippen LogP contribution is 2.27. The van der Waals surface area contributed by atoms with Crippen molar-refractivity contribution in [2.75, 3.05) is 6.61 Å². The largest absolute Gasteiger partial charge is 0.492 e. The first-order chi connectivity index (χ1) is 14.3. The van der Waals surface area contributed by atoms with Gasteiger partial charge in [0.25, 0.3) is 0 Å². The van der Waals surface area contributed by atoms with E-state index in [1.54, 1.807) is 27.7 Å². The van der Waals surface area contributed by atoms with Gasteiger partial charge < -0.3 is 34.8 Å². The molecule has 0 saturated heterocycles. The van der Waals surface area contributed by atoms with Crippen LogP contribution in [-0.2, 0) is 14.3 Å². The van der Waals surface area contributed by atoms with Gasteiger partial charge in [-0.1, -0.05) is 0 Å². The molecule has 11 heteroatoms. The van der Waals surface area contributed by atoms with E-state index in [9.17, 15) is 30.0 Å². The van der Waals surface area contributed by atoms with Gasteiger partial charge in [-0.25, -0.2) is 9.59 Å². The van der Waals surface area contributed by atoms with Crippen molar-refractivity contribution in [1.29, 1.82) is 0 Å². The Balaban J connectivity index is 1.80. The molecule has 0 aliphatic rings. The van der Waals surface area contributed by atoms with E-state index < -0.39 is 46.5 Å². The van der Waals surface area contributed by atoms with Crippen LogP contribution in [0.2, 0.25) is 0 Å². The van der Waals surface area contributed by atoms with Gasteiger partial charge >= 0.3 is 11.9 Å². The van der Waals surface area contributed by atoms with E-state index in [4.69, 9.17) is 14.4 Å². The SMILES string of the molecule is CC(C)(CCC(=O)On1c(O)ccc1O)OCCC(C)(C)C(=O)On1c(O)ccc1O. The van der Waals surface area contributed by atoms with Crippen molar-refractivity contribution >= 4 is 11.9 Å². The number of nitrogens with zero attached hydrogens (tertiary/aromatic N) is 2. The molecule has 0 saturated carbocycles. The Morgan fingerprint density at radius 1 is 0.806 bits per heavy atom. The number of hydrogen-bond donors (Lipinski definition) is 4. The molecule has 0 spiro atoms. The molecule has 0 aromatic carbocycles. The van der Waals surface area contributed by atoms with Crippen molar-refractivity contribution in [3.8, 4) is 23.5 Å². The highest BCUT2D eigenvalue weighted by atomic mass is 16.7. The minimum Gasteiger partial charge on any atom is -0.492 e. The predicted molar refractivity (Wildman–Crippen MR) is 106 cm³/mol. The summed E-state index contributed by atoms with van der Waals surface area (Å²) < 4.78 is 7.05. The predicted octanol–water partition coefficient (Wildman–Crippen LogP) is 1.71. The molecule has 0 fully saturated rings. The summed E-state index contributed by atoms with van der Waals surface area (Å²) in [5.74, 6) is -2.98. The topological polar surface area (TPSA) is 153 Å². The van der Waals surface area contributed by atoms with Crippen LogP contribution >= 0.6 is 0 Å². The quantitative estimate of drug-likeness (QED) is 0.432. The smallest absolute Gasteiger partial charge is 0.338 e. The fourth-order valence-corrected chi connectivity index (χ4v) is 2.50. The maximum absolute atomic E-state index is 12.4. The molecule has 0 aliphatic heterocycles. The van der Waals surface area contributed by atoms with Gasteiger partial charge in [-0.05, 0) is 40.5 Å². The Morgan fingerprint density at radius 2 is 1.26 bits per heavy atom. The van der Waals surface area contributed by atoms with Crippen molar-refractivity contribution in [2.45, 2.75) is 52.6 Å². The summed E-state index contributed by atoms with van der Waals surface area (Å²) in [7, 11) is 0. The zero-order valence-corrected chi connectivity index (χ0v) is 17.9. The molecule has 0 bridgehead atoms. The molecule has 0 unspecified atom stereocenters. The molecule has 2 heterocycles. The average molecular weight is 440 g/mol. The van der Waals surface area contributed by atoms with Crippen LogP contribution in [0.4, 0.5) is 0 Å². The van der Waals surface area contributed by atoms with Gasteiger partial charge in [-0.3, -0.25) is 0 Å². The Bertz CT molecular complexity index is 888. The summed E-state index contributed by atoms with van der Waals surface area (Å²) in [5.41, 5.74) is -1.71. The van der Waals surface area contributed by atoms with E-state index in [1.807, 2.05) is 0 Å². The number of carbonyl (C=O) groups is 2. The normalized spacial score (nSPS) is 12.0. The van der Waals surface area contributed by atoms with Gasteiger partial charge in [0.2, 0.25) is 23.5 Å². The summed E-state index contributed by atoms with van der Waals surface area (Å²) in [4.78, 5) is 34.3. The average Bonchev–Trinajstić information content (AvgIpc) is 3.16. The lowest BCUT2D eigenvalue weighted by molar-refractivity contribution is -0.157. The lowest BCUT2D eigenvalue weighted by atomic mass is 9.90. The first-order valence-electron chi connectivity index (χ1n) is 9.60. The second-order valence-electron chi connectivity index (χ2n) is 8.27. The summed E-state index contributed by atoms with van der Waals surface area (Å²) in [6, 6.07) is 4.74. The molecule has 0 amide bonds. The first kappa shape index (κ1) is 23.9. The third-order valence-corrected chi connectivity index (χ3v) is 4.67. The van der Waals surface area contributed by atoms with Gasteiger partial charge in [-0.2, -0.15) is 0 Å². The van der Waals surface area contributed by atoms with Crippen LogP contribution in [0.5, 0.6) is 23.5 Å². The lowest BCUT2D eigenvalue weighted by Crippen LogP contribution is -2.36. The number of rotatable bonds is 10. The van der Waals surface area contributed by atoms with E-state index >= 15 is 0 Å². The zero-order chi connectivity index (χ0) is 23.4. The summed E-state index contributed by atoms with van der Waals surface area (Å²) >= 11 is 0. The van der Waals surface area contributed by atoms with Crippen molar-refractivity contribution in [3.05, 3.63) is 24.3 Å². The second kappa shape index (κ2) is 9.21. The fourth-order valence-electron chi connectivity index (χ4n) is 2.50. The van der Waals surface area contributed by atoms with Gasteiger partial charge in [0.15, 0.2) is 0 Å². The maximum Gasteiger partial charge on any atom is 0.338 e. The van der Waals surface area contributed by atoms with Crippen molar-refractivity contribution < 1.29 is 44.4 Å². The lowest BCUT2D eigenvalue weighted by Gasteiger charge is -2.28. The van der Waals surface area contributed by atoms with Crippen LogP contribution in [0.15, 0.2) is 24.3 Å². The van der Waals surface area contributed by atoms with Crippen molar-refractivity contribution in [3.63, 3.8) is 0 Å². The van der Waals surface area contributed by atoms with Crippen molar-refractivity contribution in [1.82, 2.24) is 9.46 Å².